The maximum absolute atomic E-state index is 11.0. The summed E-state index contributed by atoms with van der Waals surface area (Å²) in [4.78, 5) is 13.0. The fourth-order valence-corrected chi connectivity index (χ4v) is 1.98. The van der Waals surface area contributed by atoms with Crippen molar-refractivity contribution < 1.29 is 9.90 Å². The van der Waals surface area contributed by atoms with E-state index in [1.54, 1.807) is 0 Å². The Labute approximate surface area is 78.7 Å². The van der Waals surface area contributed by atoms with Crippen molar-refractivity contribution >= 4 is 5.97 Å². The number of aliphatic carboxylic acids is 1. The minimum atomic E-state index is -0.634. The minimum Gasteiger partial charge on any atom is -0.480 e. The lowest BCUT2D eigenvalue weighted by Gasteiger charge is -2.24. The standard InChI is InChI=1S/C10H17NO2/c1-11(6-7-2-3-7)9(10(12)13)8-4-5-8/h7-9H,2-6H2,1H3,(H,12,13). The van der Waals surface area contributed by atoms with Crippen LogP contribution in [0.4, 0.5) is 0 Å². The third kappa shape index (κ3) is 2.21. The number of likely N-dealkylation sites (N-methyl/N-ethyl adjacent to an activating group) is 1. The molecule has 1 atom stereocenters. The van der Waals surface area contributed by atoms with E-state index in [-0.39, 0.29) is 6.04 Å². The summed E-state index contributed by atoms with van der Waals surface area (Å²) in [5.74, 6) is 0.581. The van der Waals surface area contributed by atoms with Gasteiger partial charge in [-0.1, -0.05) is 0 Å². The molecule has 2 aliphatic rings. The monoisotopic (exact) mass is 183 g/mol. The summed E-state index contributed by atoms with van der Waals surface area (Å²) >= 11 is 0. The molecule has 2 saturated carbocycles. The number of carboxylic acids is 1. The molecule has 2 fully saturated rings. The van der Waals surface area contributed by atoms with Gasteiger partial charge in [0.1, 0.15) is 6.04 Å². The smallest absolute Gasteiger partial charge is 0.321 e. The molecule has 0 spiro atoms. The van der Waals surface area contributed by atoms with Crippen LogP contribution >= 0.6 is 0 Å². The molecule has 0 aromatic rings. The van der Waals surface area contributed by atoms with E-state index in [4.69, 9.17) is 5.11 Å². The highest BCUT2D eigenvalue weighted by atomic mass is 16.4. The first-order valence-corrected chi connectivity index (χ1v) is 5.11. The molecule has 0 aromatic heterocycles. The molecule has 1 unspecified atom stereocenters. The van der Waals surface area contributed by atoms with Crippen molar-refractivity contribution in [3.05, 3.63) is 0 Å². The first-order chi connectivity index (χ1) is 6.18. The number of carboxylic acid groups (broad SMARTS) is 1. The van der Waals surface area contributed by atoms with Crippen molar-refractivity contribution in [2.75, 3.05) is 13.6 Å². The maximum Gasteiger partial charge on any atom is 0.321 e. The molecule has 0 aliphatic heterocycles. The van der Waals surface area contributed by atoms with Crippen molar-refractivity contribution in [1.29, 1.82) is 0 Å². The molecule has 0 heterocycles. The van der Waals surface area contributed by atoms with Gasteiger partial charge in [0.2, 0.25) is 0 Å². The molecule has 13 heavy (non-hydrogen) atoms. The fourth-order valence-electron chi connectivity index (χ4n) is 1.98. The molecule has 0 aromatic carbocycles. The van der Waals surface area contributed by atoms with Crippen molar-refractivity contribution in [2.45, 2.75) is 31.7 Å². The molecule has 2 rings (SSSR count). The van der Waals surface area contributed by atoms with Crippen LogP contribution in [-0.2, 0) is 4.79 Å². The van der Waals surface area contributed by atoms with E-state index in [0.29, 0.717) is 5.92 Å². The normalized spacial score (nSPS) is 24.8. The summed E-state index contributed by atoms with van der Waals surface area (Å²) in [6.45, 7) is 0.980. The first kappa shape index (κ1) is 9.00. The Balaban J connectivity index is 1.88. The molecule has 0 radical (unpaired) electrons. The van der Waals surface area contributed by atoms with Gasteiger partial charge in [0.15, 0.2) is 0 Å². The van der Waals surface area contributed by atoms with Crippen LogP contribution in [-0.4, -0.2) is 35.6 Å². The molecule has 2 aliphatic carbocycles. The van der Waals surface area contributed by atoms with Gasteiger partial charge in [0, 0.05) is 6.54 Å². The third-order valence-corrected chi connectivity index (χ3v) is 3.04. The van der Waals surface area contributed by atoms with E-state index >= 15 is 0 Å². The van der Waals surface area contributed by atoms with Gasteiger partial charge in [-0.2, -0.15) is 0 Å². The molecular weight excluding hydrogens is 166 g/mol. The summed E-state index contributed by atoms with van der Waals surface area (Å²) in [5.41, 5.74) is 0. The summed E-state index contributed by atoms with van der Waals surface area (Å²) in [7, 11) is 1.95. The molecule has 74 valence electrons. The Bertz CT molecular complexity index is 209. The molecule has 0 amide bonds. The Kier molecular flexibility index (Phi) is 2.28. The molecule has 0 saturated heterocycles. The maximum atomic E-state index is 11.0. The Morgan fingerprint density at radius 2 is 2.08 bits per heavy atom. The zero-order valence-corrected chi connectivity index (χ0v) is 8.07. The Morgan fingerprint density at radius 1 is 1.46 bits per heavy atom. The van der Waals surface area contributed by atoms with Gasteiger partial charge in [-0.15, -0.1) is 0 Å². The van der Waals surface area contributed by atoms with E-state index in [2.05, 4.69) is 0 Å². The van der Waals surface area contributed by atoms with E-state index in [1.165, 1.54) is 12.8 Å². The lowest BCUT2D eigenvalue weighted by atomic mass is 10.1. The van der Waals surface area contributed by atoms with E-state index in [9.17, 15) is 4.79 Å². The van der Waals surface area contributed by atoms with E-state index < -0.39 is 5.97 Å². The molecule has 1 N–H and O–H groups in total. The Morgan fingerprint density at radius 3 is 2.46 bits per heavy atom. The second-order valence-corrected chi connectivity index (χ2v) is 4.50. The lowest BCUT2D eigenvalue weighted by Crippen LogP contribution is -2.41. The summed E-state index contributed by atoms with van der Waals surface area (Å²) in [5, 5.41) is 9.05. The average Bonchev–Trinajstić information content (AvgIpc) is 2.77. The minimum absolute atomic E-state index is 0.208. The Hall–Kier alpha value is -0.570. The topological polar surface area (TPSA) is 40.5 Å². The van der Waals surface area contributed by atoms with Crippen LogP contribution < -0.4 is 0 Å². The van der Waals surface area contributed by atoms with Crippen LogP contribution in [0, 0.1) is 11.8 Å². The number of carbonyl (C=O) groups is 1. The largest absolute Gasteiger partial charge is 0.480 e. The van der Waals surface area contributed by atoms with E-state index in [1.807, 2.05) is 11.9 Å². The van der Waals surface area contributed by atoms with Crippen molar-refractivity contribution in [1.82, 2.24) is 4.90 Å². The van der Waals surface area contributed by atoms with Crippen molar-refractivity contribution in [2.24, 2.45) is 11.8 Å². The molecule has 3 heteroatoms. The van der Waals surface area contributed by atoms with Gasteiger partial charge >= 0.3 is 5.97 Å². The van der Waals surface area contributed by atoms with Crippen LogP contribution in [0.3, 0.4) is 0 Å². The highest BCUT2D eigenvalue weighted by Crippen LogP contribution is 2.37. The number of hydrogen-bond acceptors (Lipinski definition) is 2. The predicted octanol–water partition coefficient (Wildman–Crippen LogP) is 1.19. The summed E-state index contributed by atoms with van der Waals surface area (Å²) < 4.78 is 0. The van der Waals surface area contributed by atoms with Gasteiger partial charge in [-0.05, 0) is 44.6 Å². The zero-order chi connectivity index (χ0) is 9.42. The highest BCUT2D eigenvalue weighted by molar-refractivity contribution is 5.74. The fraction of sp³-hybridized carbons (Fsp3) is 0.900. The average molecular weight is 183 g/mol. The highest BCUT2D eigenvalue weighted by Gasteiger charge is 2.40. The van der Waals surface area contributed by atoms with Crippen LogP contribution in [0.2, 0.25) is 0 Å². The number of nitrogens with zero attached hydrogens (tertiary/aromatic N) is 1. The van der Waals surface area contributed by atoms with Crippen molar-refractivity contribution in [3.63, 3.8) is 0 Å². The first-order valence-electron chi connectivity index (χ1n) is 5.11. The second kappa shape index (κ2) is 3.29. The SMILES string of the molecule is CN(CC1CC1)C(C(=O)O)C1CC1. The number of rotatable bonds is 5. The van der Waals surface area contributed by atoms with Gasteiger partial charge in [-0.25, -0.2) is 0 Å². The van der Waals surface area contributed by atoms with Crippen LogP contribution in [0.5, 0.6) is 0 Å². The zero-order valence-electron chi connectivity index (χ0n) is 8.07. The van der Waals surface area contributed by atoms with E-state index in [0.717, 1.165) is 25.3 Å². The summed E-state index contributed by atoms with van der Waals surface area (Å²) in [6.07, 6.45) is 4.79. The number of hydrogen-bond donors (Lipinski definition) is 1. The summed E-state index contributed by atoms with van der Waals surface area (Å²) in [6, 6.07) is -0.208. The van der Waals surface area contributed by atoms with Gasteiger partial charge < -0.3 is 5.11 Å². The van der Waals surface area contributed by atoms with Crippen LogP contribution in [0.1, 0.15) is 25.7 Å². The predicted molar refractivity (Wildman–Crippen MR) is 49.5 cm³/mol. The third-order valence-electron chi connectivity index (χ3n) is 3.04. The molecule has 3 nitrogen and oxygen atoms in total. The molecular formula is C10H17NO2. The van der Waals surface area contributed by atoms with Gasteiger partial charge in [0.05, 0.1) is 0 Å². The second-order valence-electron chi connectivity index (χ2n) is 4.50. The van der Waals surface area contributed by atoms with Crippen molar-refractivity contribution in [3.8, 4) is 0 Å². The lowest BCUT2D eigenvalue weighted by molar-refractivity contribution is -0.143. The van der Waals surface area contributed by atoms with Gasteiger partial charge in [0.25, 0.3) is 0 Å². The quantitative estimate of drug-likeness (QED) is 0.696. The molecule has 0 bridgehead atoms. The van der Waals surface area contributed by atoms with Gasteiger partial charge in [-0.3, -0.25) is 9.69 Å². The van der Waals surface area contributed by atoms with Crippen LogP contribution in [0.25, 0.3) is 0 Å². The van der Waals surface area contributed by atoms with Crippen LogP contribution in [0.15, 0.2) is 0 Å².